The minimum Gasteiger partial charge on any atom is -0.330 e. The van der Waals surface area contributed by atoms with E-state index >= 15 is 0 Å². The number of hydrogen-bond donors (Lipinski definition) is 1. The average Bonchev–Trinajstić information content (AvgIpc) is 3.07. The number of aryl methyl sites for hydroxylation is 1. The summed E-state index contributed by atoms with van der Waals surface area (Å²) in [6.07, 6.45) is 3.80. The van der Waals surface area contributed by atoms with E-state index in [2.05, 4.69) is 10.2 Å². The lowest BCUT2D eigenvalue weighted by molar-refractivity contribution is 0.0732. The molecule has 0 spiro atoms. The number of nitrogens with one attached hydrogen (secondary N) is 1. The van der Waals surface area contributed by atoms with Crippen molar-refractivity contribution in [1.82, 2.24) is 15.1 Å². The Kier molecular flexibility index (Phi) is 3.49. The Hall–Kier alpha value is -1.81. The van der Waals surface area contributed by atoms with Gasteiger partial charge in [-0.15, -0.1) is 0 Å². The van der Waals surface area contributed by atoms with Gasteiger partial charge in [-0.1, -0.05) is 11.6 Å². The van der Waals surface area contributed by atoms with E-state index in [1.165, 1.54) is 0 Å². The number of carbonyl (C=O) groups is 1. The Morgan fingerprint density at radius 2 is 2.15 bits per heavy atom. The number of hydrogen-bond acceptors (Lipinski definition) is 2. The van der Waals surface area contributed by atoms with Crippen LogP contribution in [-0.4, -0.2) is 27.5 Å². The molecule has 0 saturated carbocycles. The molecule has 104 valence electrons. The van der Waals surface area contributed by atoms with Crippen molar-refractivity contribution in [2.45, 2.75) is 25.8 Å². The smallest absolute Gasteiger partial charge is 0.254 e. The van der Waals surface area contributed by atoms with Gasteiger partial charge in [0.25, 0.3) is 5.91 Å². The van der Waals surface area contributed by atoms with Crippen molar-refractivity contribution < 1.29 is 4.79 Å². The molecule has 0 radical (unpaired) electrons. The summed E-state index contributed by atoms with van der Waals surface area (Å²) in [4.78, 5) is 14.5. The molecule has 0 unspecified atom stereocenters. The molecule has 0 bridgehead atoms. The van der Waals surface area contributed by atoms with Crippen LogP contribution in [0.3, 0.4) is 0 Å². The first-order valence-corrected chi connectivity index (χ1v) is 7.11. The predicted molar refractivity (Wildman–Crippen MR) is 77.8 cm³/mol. The normalized spacial score (nSPS) is 18.5. The van der Waals surface area contributed by atoms with Gasteiger partial charge >= 0.3 is 0 Å². The van der Waals surface area contributed by atoms with E-state index in [1.807, 2.05) is 11.8 Å². The first kappa shape index (κ1) is 13.2. The Labute approximate surface area is 122 Å². The van der Waals surface area contributed by atoms with E-state index in [4.69, 9.17) is 11.6 Å². The Balaban J connectivity index is 1.87. The number of H-pyrrole nitrogens is 1. The minimum absolute atomic E-state index is 0.0539. The molecule has 1 atom stereocenters. The average molecular weight is 290 g/mol. The van der Waals surface area contributed by atoms with Crippen LogP contribution in [0, 0.1) is 6.92 Å². The highest BCUT2D eigenvalue weighted by molar-refractivity contribution is 6.30. The molecule has 1 N–H and O–H groups in total. The predicted octanol–water partition coefficient (Wildman–Crippen LogP) is 3.35. The zero-order valence-electron chi connectivity index (χ0n) is 11.3. The lowest BCUT2D eigenvalue weighted by Gasteiger charge is -2.24. The van der Waals surface area contributed by atoms with Crippen LogP contribution >= 0.6 is 11.6 Å². The van der Waals surface area contributed by atoms with Crippen molar-refractivity contribution in [2.24, 2.45) is 0 Å². The molecule has 5 heteroatoms. The van der Waals surface area contributed by atoms with Crippen LogP contribution < -0.4 is 0 Å². The molecule has 1 fully saturated rings. The van der Waals surface area contributed by atoms with Gasteiger partial charge in [0.15, 0.2) is 0 Å². The highest BCUT2D eigenvalue weighted by atomic mass is 35.5. The van der Waals surface area contributed by atoms with Crippen molar-refractivity contribution in [2.75, 3.05) is 6.54 Å². The molecule has 1 aromatic heterocycles. The molecule has 1 aliphatic heterocycles. The van der Waals surface area contributed by atoms with E-state index in [0.29, 0.717) is 10.6 Å². The van der Waals surface area contributed by atoms with Crippen molar-refractivity contribution in [3.05, 3.63) is 52.3 Å². The maximum absolute atomic E-state index is 12.6. The van der Waals surface area contributed by atoms with E-state index in [0.717, 1.165) is 30.6 Å². The summed E-state index contributed by atoms with van der Waals surface area (Å²) >= 11 is 5.87. The summed E-state index contributed by atoms with van der Waals surface area (Å²) in [7, 11) is 0. The second-order valence-corrected chi connectivity index (χ2v) is 5.57. The number of nitrogens with zero attached hydrogens (tertiary/aromatic N) is 2. The zero-order valence-corrected chi connectivity index (χ0v) is 12.0. The van der Waals surface area contributed by atoms with Gasteiger partial charge in [0.05, 0.1) is 17.9 Å². The van der Waals surface area contributed by atoms with Crippen LogP contribution in [0.1, 0.15) is 40.5 Å². The maximum Gasteiger partial charge on any atom is 0.254 e. The second-order valence-electron chi connectivity index (χ2n) is 5.13. The molecule has 20 heavy (non-hydrogen) atoms. The van der Waals surface area contributed by atoms with Gasteiger partial charge in [-0.05, 0) is 49.6 Å². The molecule has 1 amide bonds. The molecule has 1 aliphatic rings. The van der Waals surface area contributed by atoms with E-state index in [-0.39, 0.29) is 11.9 Å². The Morgan fingerprint density at radius 1 is 1.40 bits per heavy atom. The molecule has 1 aromatic carbocycles. The van der Waals surface area contributed by atoms with Gasteiger partial charge < -0.3 is 4.90 Å². The van der Waals surface area contributed by atoms with Crippen LogP contribution in [0.15, 0.2) is 30.5 Å². The third-order valence-corrected chi connectivity index (χ3v) is 4.06. The first-order chi connectivity index (χ1) is 9.66. The number of aromatic amines is 1. The van der Waals surface area contributed by atoms with Crippen molar-refractivity contribution in [3.8, 4) is 0 Å². The topological polar surface area (TPSA) is 49.0 Å². The maximum atomic E-state index is 12.6. The summed E-state index contributed by atoms with van der Waals surface area (Å²) in [5, 5.41) is 7.73. The van der Waals surface area contributed by atoms with E-state index in [9.17, 15) is 4.79 Å². The summed E-state index contributed by atoms with van der Waals surface area (Å²) < 4.78 is 0. The number of benzene rings is 1. The molecule has 0 aliphatic carbocycles. The molecule has 2 aromatic rings. The van der Waals surface area contributed by atoms with Gasteiger partial charge in [-0.3, -0.25) is 9.89 Å². The molecule has 3 rings (SSSR count). The Bertz CT molecular complexity index is 620. The number of rotatable bonds is 2. The minimum atomic E-state index is 0.0539. The number of amides is 1. The van der Waals surface area contributed by atoms with Gasteiger partial charge in [-0.2, -0.15) is 5.10 Å². The number of halogens is 1. The lowest BCUT2D eigenvalue weighted by Crippen LogP contribution is -2.31. The monoisotopic (exact) mass is 289 g/mol. The van der Waals surface area contributed by atoms with Crippen molar-refractivity contribution in [1.29, 1.82) is 0 Å². The van der Waals surface area contributed by atoms with Crippen LogP contribution in [0.2, 0.25) is 5.02 Å². The number of aromatic nitrogens is 2. The van der Waals surface area contributed by atoms with Crippen molar-refractivity contribution in [3.63, 3.8) is 0 Å². The van der Waals surface area contributed by atoms with Gasteiger partial charge in [0.2, 0.25) is 0 Å². The van der Waals surface area contributed by atoms with Gasteiger partial charge in [-0.25, -0.2) is 0 Å². The van der Waals surface area contributed by atoms with Crippen LogP contribution in [0.4, 0.5) is 0 Å². The summed E-state index contributed by atoms with van der Waals surface area (Å²) in [6.45, 7) is 2.80. The Morgan fingerprint density at radius 3 is 2.80 bits per heavy atom. The van der Waals surface area contributed by atoms with E-state index < -0.39 is 0 Å². The molecule has 4 nitrogen and oxygen atoms in total. The summed E-state index contributed by atoms with van der Waals surface area (Å²) in [5.41, 5.74) is 2.83. The van der Waals surface area contributed by atoms with E-state index in [1.54, 1.807) is 30.5 Å². The first-order valence-electron chi connectivity index (χ1n) is 6.73. The lowest BCUT2D eigenvalue weighted by atomic mass is 10.1. The van der Waals surface area contributed by atoms with Gasteiger partial charge in [0, 0.05) is 17.1 Å². The van der Waals surface area contributed by atoms with Crippen molar-refractivity contribution >= 4 is 17.5 Å². The highest BCUT2D eigenvalue weighted by Crippen LogP contribution is 2.33. The molecule has 2 heterocycles. The number of likely N-dealkylation sites (tertiary alicyclic amines) is 1. The standard InChI is InChI=1S/C15H16ClN3O/c1-10-9-17-18-14(10)13-3-2-8-19(13)15(20)11-4-6-12(16)7-5-11/h4-7,9,13H,2-3,8H2,1H3,(H,17,18)/t13-/m0/s1. The van der Waals surface area contributed by atoms with Crippen LogP contribution in [-0.2, 0) is 0 Å². The fourth-order valence-electron chi connectivity index (χ4n) is 2.76. The number of carbonyl (C=O) groups excluding carboxylic acids is 1. The van der Waals surface area contributed by atoms with Gasteiger partial charge in [0.1, 0.15) is 0 Å². The van der Waals surface area contributed by atoms with Crippen LogP contribution in [0.25, 0.3) is 0 Å². The molecular weight excluding hydrogens is 274 g/mol. The quantitative estimate of drug-likeness (QED) is 0.922. The molecular formula is C15H16ClN3O. The molecule has 1 saturated heterocycles. The highest BCUT2D eigenvalue weighted by Gasteiger charge is 2.32. The third-order valence-electron chi connectivity index (χ3n) is 3.81. The second kappa shape index (κ2) is 5.29. The SMILES string of the molecule is Cc1cn[nH]c1[C@@H]1CCCN1C(=O)c1ccc(Cl)cc1. The third kappa shape index (κ3) is 2.31. The summed E-state index contributed by atoms with van der Waals surface area (Å²) in [6, 6.07) is 7.16. The van der Waals surface area contributed by atoms with Crippen LogP contribution in [0.5, 0.6) is 0 Å². The fraction of sp³-hybridized carbons (Fsp3) is 0.333. The zero-order chi connectivity index (χ0) is 14.1. The summed E-state index contributed by atoms with van der Waals surface area (Å²) in [5.74, 6) is 0.0539. The fourth-order valence-corrected chi connectivity index (χ4v) is 2.89. The largest absolute Gasteiger partial charge is 0.330 e.